The lowest BCUT2D eigenvalue weighted by atomic mass is 10.3. The van der Waals surface area contributed by atoms with Crippen LogP contribution in [0.1, 0.15) is 13.3 Å². The predicted octanol–water partition coefficient (Wildman–Crippen LogP) is 0.570. The molecule has 0 saturated heterocycles. The molecular formula is C11H19NO5Si. The minimum absolute atomic E-state index is 0.223. The molecule has 1 aliphatic rings. The third kappa shape index (κ3) is 3.05. The largest absolute Gasteiger partial charge is 0.500 e. The molecule has 0 aromatic rings. The van der Waals surface area contributed by atoms with Gasteiger partial charge >= 0.3 is 8.80 Å². The average molecular weight is 273 g/mol. The van der Waals surface area contributed by atoms with Gasteiger partial charge in [-0.1, -0.05) is 0 Å². The van der Waals surface area contributed by atoms with Gasteiger partial charge in [-0.3, -0.25) is 14.5 Å². The number of carbonyl (C=O) groups excluding carboxylic acids is 2. The van der Waals surface area contributed by atoms with Crippen molar-refractivity contribution >= 4 is 20.6 Å². The van der Waals surface area contributed by atoms with Gasteiger partial charge in [0.2, 0.25) is 0 Å². The number of amides is 2. The highest BCUT2D eigenvalue weighted by Crippen LogP contribution is 2.18. The highest BCUT2D eigenvalue weighted by molar-refractivity contribution is 6.60. The lowest BCUT2D eigenvalue weighted by Gasteiger charge is -2.25. The molecule has 6 nitrogen and oxygen atoms in total. The van der Waals surface area contributed by atoms with Gasteiger partial charge in [0.05, 0.1) is 0 Å². The molecule has 0 unspecified atom stereocenters. The highest BCUT2D eigenvalue weighted by atomic mass is 28.4. The topological polar surface area (TPSA) is 65.1 Å². The highest BCUT2D eigenvalue weighted by Gasteiger charge is 2.38. The molecule has 1 aliphatic heterocycles. The number of hydrogen-bond acceptors (Lipinski definition) is 5. The number of carbonyl (C=O) groups is 2. The molecule has 0 radical (unpaired) electrons. The molecule has 1 heterocycles. The fraction of sp³-hybridized carbons (Fsp3) is 0.636. The van der Waals surface area contributed by atoms with E-state index in [0.717, 1.165) is 0 Å². The van der Waals surface area contributed by atoms with Gasteiger partial charge < -0.3 is 13.3 Å². The third-order valence-corrected chi connectivity index (χ3v) is 5.82. The maximum absolute atomic E-state index is 11.6. The number of hydrogen-bond donors (Lipinski definition) is 0. The Balaban J connectivity index is 2.48. The van der Waals surface area contributed by atoms with Crippen LogP contribution in [0.3, 0.4) is 0 Å². The van der Waals surface area contributed by atoms with Crippen molar-refractivity contribution in [3.8, 4) is 0 Å². The van der Waals surface area contributed by atoms with Gasteiger partial charge in [0, 0.05) is 45.6 Å². The van der Waals surface area contributed by atoms with Crippen LogP contribution in [-0.4, -0.2) is 53.4 Å². The third-order valence-electron chi connectivity index (χ3n) is 2.99. The predicted molar refractivity (Wildman–Crippen MR) is 66.7 cm³/mol. The first-order valence-electron chi connectivity index (χ1n) is 5.69. The number of nitrogens with zero attached hydrogens (tertiary/aromatic N) is 1. The van der Waals surface area contributed by atoms with Crippen molar-refractivity contribution in [2.45, 2.75) is 19.4 Å². The molecule has 18 heavy (non-hydrogen) atoms. The maximum Gasteiger partial charge on any atom is 0.500 e. The van der Waals surface area contributed by atoms with Crippen molar-refractivity contribution in [3.05, 3.63) is 11.6 Å². The molecule has 0 aromatic carbocycles. The molecule has 0 N–H and O–H groups in total. The van der Waals surface area contributed by atoms with Gasteiger partial charge in [0.1, 0.15) is 0 Å². The quantitative estimate of drug-likeness (QED) is 0.501. The zero-order valence-corrected chi connectivity index (χ0v) is 12.2. The van der Waals surface area contributed by atoms with E-state index in [1.807, 2.05) is 0 Å². The van der Waals surface area contributed by atoms with Crippen molar-refractivity contribution in [3.63, 3.8) is 0 Å². The van der Waals surface area contributed by atoms with Crippen molar-refractivity contribution in [2.24, 2.45) is 0 Å². The van der Waals surface area contributed by atoms with E-state index in [1.54, 1.807) is 6.92 Å². The van der Waals surface area contributed by atoms with E-state index >= 15 is 0 Å². The van der Waals surface area contributed by atoms with Crippen LogP contribution in [-0.2, 0) is 22.9 Å². The van der Waals surface area contributed by atoms with E-state index in [-0.39, 0.29) is 11.8 Å². The van der Waals surface area contributed by atoms with Crippen LogP contribution in [0.15, 0.2) is 11.6 Å². The Morgan fingerprint density at radius 1 is 1.17 bits per heavy atom. The molecule has 7 heteroatoms. The second kappa shape index (κ2) is 6.23. The Morgan fingerprint density at radius 2 is 1.72 bits per heavy atom. The summed E-state index contributed by atoms with van der Waals surface area (Å²) in [6.45, 7) is 2.00. The average Bonchev–Trinajstić information content (AvgIpc) is 2.61. The molecule has 1 rings (SSSR count). The maximum atomic E-state index is 11.6. The number of rotatable bonds is 7. The molecule has 0 fully saturated rings. The van der Waals surface area contributed by atoms with Gasteiger partial charge in [0.15, 0.2) is 0 Å². The molecule has 0 spiro atoms. The lowest BCUT2D eigenvalue weighted by Crippen LogP contribution is -2.43. The van der Waals surface area contributed by atoms with Crippen LogP contribution < -0.4 is 0 Å². The van der Waals surface area contributed by atoms with Crippen LogP contribution in [0.4, 0.5) is 0 Å². The summed E-state index contributed by atoms with van der Waals surface area (Å²) in [4.78, 5) is 24.4. The van der Waals surface area contributed by atoms with Gasteiger partial charge in [-0.05, 0) is 13.3 Å². The first-order chi connectivity index (χ1) is 8.49. The molecule has 0 bridgehead atoms. The van der Waals surface area contributed by atoms with E-state index in [1.165, 1.54) is 32.3 Å². The van der Waals surface area contributed by atoms with Gasteiger partial charge in [-0.2, -0.15) is 0 Å². The Morgan fingerprint density at radius 3 is 2.11 bits per heavy atom. The van der Waals surface area contributed by atoms with E-state index in [4.69, 9.17) is 13.3 Å². The molecule has 0 atom stereocenters. The van der Waals surface area contributed by atoms with Gasteiger partial charge in [0.25, 0.3) is 11.8 Å². The summed E-state index contributed by atoms with van der Waals surface area (Å²) in [5.41, 5.74) is 0.480. The Bertz CT molecular complexity index is 356. The monoisotopic (exact) mass is 273 g/mol. The molecule has 2 amide bonds. The van der Waals surface area contributed by atoms with Crippen LogP contribution in [0.5, 0.6) is 0 Å². The van der Waals surface area contributed by atoms with E-state index in [0.29, 0.717) is 24.6 Å². The van der Waals surface area contributed by atoms with E-state index in [2.05, 4.69) is 0 Å². The van der Waals surface area contributed by atoms with E-state index in [9.17, 15) is 9.59 Å². The van der Waals surface area contributed by atoms with Crippen molar-refractivity contribution in [1.82, 2.24) is 4.90 Å². The normalized spacial score (nSPS) is 16.4. The van der Waals surface area contributed by atoms with Crippen LogP contribution >= 0.6 is 0 Å². The zero-order valence-electron chi connectivity index (χ0n) is 11.2. The second-order valence-corrected chi connectivity index (χ2v) is 7.11. The SMILES string of the molecule is CO[Si](CCCN1C(=O)C=C(C)C1=O)(OC)OC. The number of imide groups is 1. The van der Waals surface area contributed by atoms with Crippen molar-refractivity contribution < 1.29 is 22.9 Å². The minimum Gasteiger partial charge on any atom is -0.377 e. The summed E-state index contributed by atoms with van der Waals surface area (Å²) in [7, 11) is 2.00. The first-order valence-corrected chi connectivity index (χ1v) is 7.62. The summed E-state index contributed by atoms with van der Waals surface area (Å²) < 4.78 is 15.8. The van der Waals surface area contributed by atoms with Crippen molar-refractivity contribution in [2.75, 3.05) is 27.9 Å². The summed E-state index contributed by atoms with van der Waals surface area (Å²) in [5.74, 6) is -0.475. The van der Waals surface area contributed by atoms with Crippen LogP contribution in [0.25, 0.3) is 0 Å². The lowest BCUT2D eigenvalue weighted by molar-refractivity contribution is -0.137. The Labute approximate surface area is 108 Å². The zero-order chi connectivity index (χ0) is 13.8. The Hall–Kier alpha value is -1.02. The summed E-state index contributed by atoms with van der Waals surface area (Å²) in [6, 6.07) is 0.562. The molecule has 102 valence electrons. The first kappa shape index (κ1) is 15.0. The Kier molecular flexibility index (Phi) is 5.21. The van der Waals surface area contributed by atoms with Gasteiger partial charge in [-0.25, -0.2) is 0 Å². The van der Waals surface area contributed by atoms with Crippen LogP contribution in [0.2, 0.25) is 6.04 Å². The molecular weight excluding hydrogens is 254 g/mol. The fourth-order valence-electron chi connectivity index (χ4n) is 1.86. The summed E-state index contributed by atoms with van der Waals surface area (Å²) >= 11 is 0. The van der Waals surface area contributed by atoms with Gasteiger partial charge in [-0.15, -0.1) is 0 Å². The fourth-order valence-corrected chi connectivity index (χ4v) is 3.56. The smallest absolute Gasteiger partial charge is 0.377 e. The minimum atomic E-state index is -2.62. The standard InChI is InChI=1S/C11H19NO5Si/c1-9-8-10(13)12(11(9)14)6-5-7-18(15-2,16-3)17-4/h8H,5-7H2,1-4H3. The molecule has 0 saturated carbocycles. The molecule has 0 aromatic heterocycles. The van der Waals surface area contributed by atoms with E-state index < -0.39 is 8.80 Å². The van der Waals surface area contributed by atoms with Crippen LogP contribution in [0, 0.1) is 0 Å². The second-order valence-electron chi connectivity index (χ2n) is 4.02. The summed E-state index contributed by atoms with van der Waals surface area (Å²) in [6.07, 6.45) is 1.95. The van der Waals surface area contributed by atoms with Crippen molar-refractivity contribution in [1.29, 1.82) is 0 Å². The summed E-state index contributed by atoms with van der Waals surface area (Å²) in [5, 5.41) is 0. The molecule has 0 aliphatic carbocycles.